The maximum Gasteiger partial charge on any atom is 0.381 e. The number of ether oxygens (including phenoxy) is 2. The molecule has 0 bridgehead atoms. The third-order valence-electron chi connectivity index (χ3n) is 1.84. The van der Waals surface area contributed by atoms with E-state index in [1.54, 1.807) is 0 Å². The topological polar surface area (TPSA) is 52.6 Å². The maximum absolute atomic E-state index is 13.1. The molecule has 80 valence electrons. The van der Waals surface area contributed by atoms with Crippen molar-refractivity contribution in [1.82, 2.24) is 0 Å². The molecule has 1 saturated heterocycles. The third kappa shape index (κ3) is 2.00. The van der Waals surface area contributed by atoms with E-state index < -0.39 is 24.0 Å². The molecule has 1 aliphatic rings. The molecule has 0 radical (unpaired) electrons. The van der Waals surface area contributed by atoms with Crippen LogP contribution in [0.4, 0.5) is 8.78 Å². The van der Waals surface area contributed by atoms with Gasteiger partial charge in [0, 0.05) is 12.8 Å². The van der Waals surface area contributed by atoms with Crippen LogP contribution in [0.5, 0.6) is 0 Å². The molecule has 14 heavy (non-hydrogen) atoms. The minimum atomic E-state index is -3.73. The van der Waals surface area contributed by atoms with Crippen LogP contribution in [0.3, 0.4) is 0 Å². The van der Waals surface area contributed by atoms with Gasteiger partial charge in [-0.15, -0.1) is 0 Å². The first-order valence-electron chi connectivity index (χ1n) is 4.23. The van der Waals surface area contributed by atoms with E-state index in [-0.39, 0.29) is 19.4 Å². The summed E-state index contributed by atoms with van der Waals surface area (Å²) in [6, 6.07) is 0. The quantitative estimate of drug-likeness (QED) is 0.646. The molecule has 1 heterocycles. The summed E-state index contributed by atoms with van der Waals surface area (Å²) in [5, 5.41) is 0. The van der Waals surface area contributed by atoms with Gasteiger partial charge in [0.05, 0.1) is 6.61 Å². The van der Waals surface area contributed by atoms with E-state index in [0.717, 1.165) is 0 Å². The van der Waals surface area contributed by atoms with Crippen molar-refractivity contribution < 1.29 is 27.8 Å². The number of cyclic esters (lactones) is 1. The molecule has 0 amide bonds. The molecule has 4 nitrogen and oxygen atoms in total. The number of carbonyl (C=O) groups excluding carboxylic acids is 2. The van der Waals surface area contributed by atoms with Crippen LogP contribution in [0.15, 0.2) is 0 Å². The number of hydrogen-bond acceptors (Lipinski definition) is 4. The van der Waals surface area contributed by atoms with Gasteiger partial charge >= 0.3 is 17.9 Å². The average Bonchev–Trinajstić information content (AvgIpc) is 2.52. The van der Waals surface area contributed by atoms with Gasteiger partial charge in [-0.25, -0.2) is 4.79 Å². The second-order valence-electron chi connectivity index (χ2n) is 2.86. The fraction of sp³-hybridized carbons (Fsp3) is 0.750. The van der Waals surface area contributed by atoms with Crippen LogP contribution in [-0.2, 0) is 19.1 Å². The minimum absolute atomic E-state index is 0.0837. The predicted octanol–water partition coefficient (Wildman–Crippen LogP) is 0.890. The van der Waals surface area contributed by atoms with Gasteiger partial charge in [0.25, 0.3) is 0 Å². The first kappa shape index (κ1) is 10.9. The molecule has 0 aromatic carbocycles. The van der Waals surface area contributed by atoms with Gasteiger partial charge in [-0.3, -0.25) is 4.79 Å². The highest BCUT2D eigenvalue weighted by Crippen LogP contribution is 2.30. The minimum Gasteiger partial charge on any atom is -0.461 e. The summed E-state index contributed by atoms with van der Waals surface area (Å²) in [5.41, 5.74) is 0. The van der Waals surface area contributed by atoms with Crippen LogP contribution >= 0.6 is 0 Å². The van der Waals surface area contributed by atoms with E-state index in [1.165, 1.54) is 6.92 Å². The van der Waals surface area contributed by atoms with E-state index in [9.17, 15) is 18.4 Å². The summed E-state index contributed by atoms with van der Waals surface area (Å²) in [5.74, 6) is -6.08. The average molecular weight is 208 g/mol. The van der Waals surface area contributed by atoms with Crippen LogP contribution in [0, 0.1) is 0 Å². The van der Waals surface area contributed by atoms with Crippen molar-refractivity contribution >= 4 is 11.9 Å². The Hall–Kier alpha value is -1.20. The lowest BCUT2D eigenvalue weighted by Crippen LogP contribution is -2.42. The highest BCUT2D eigenvalue weighted by molar-refractivity contribution is 5.80. The highest BCUT2D eigenvalue weighted by Gasteiger charge is 2.53. The van der Waals surface area contributed by atoms with Crippen LogP contribution in [0.1, 0.15) is 19.8 Å². The summed E-state index contributed by atoms with van der Waals surface area (Å²) in [4.78, 5) is 21.4. The lowest BCUT2D eigenvalue weighted by Gasteiger charge is -2.19. The Morgan fingerprint density at radius 1 is 1.71 bits per heavy atom. The number of rotatable bonds is 3. The Morgan fingerprint density at radius 2 is 2.36 bits per heavy atom. The van der Waals surface area contributed by atoms with Crippen molar-refractivity contribution in [2.75, 3.05) is 6.61 Å². The summed E-state index contributed by atoms with van der Waals surface area (Å²) in [7, 11) is 0. The summed E-state index contributed by atoms with van der Waals surface area (Å²) < 4.78 is 34.7. The van der Waals surface area contributed by atoms with Crippen LogP contribution in [-0.4, -0.2) is 30.6 Å². The first-order chi connectivity index (χ1) is 6.48. The van der Waals surface area contributed by atoms with Gasteiger partial charge in [0.2, 0.25) is 0 Å². The van der Waals surface area contributed by atoms with E-state index in [0.29, 0.717) is 0 Å². The predicted molar refractivity (Wildman–Crippen MR) is 40.7 cm³/mol. The normalized spacial score (nSPS) is 21.9. The van der Waals surface area contributed by atoms with Gasteiger partial charge in [0.1, 0.15) is 0 Å². The van der Waals surface area contributed by atoms with Crippen LogP contribution in [0.25, 0.3) is 0 Å². The van der Waals surface area contributed by atoms with E-state index >= 15 is 0 Å². The molecule has 1 rings (SSSR count). The molecule has 0 aromatic heterocycles. The standard InChI is InChI=1S/C8H10F2O4/c1-2-13-7(12)8(9,10)5-3-4-6(11)14-5/h5H,2-4H2,1H3. The maximum atomic E-state index is 13.1. The van der Waals surface area contributed by atoms with Crippen molar-refractivity contribution in [3.05, 3.63) is 0 Å². The molecule has 6 heteroatoms. The van der Waals surface area contributed by atoms with Crippen LogP contribution < -0.4 is 0 Å². The Kier molecular flexibility index (Phi) is 3.03. The largest absolute Gasteiger partial charge is 0.461 e. The zero-order chi connectivity index (χ0) is 10.8. The second-order valence-corrected chi connectivity index (χ2v) is 2.86. The molecule has 1 atom stereocenters. The van der Waals surface area contributed by atoms with Crippen molar-refractivity contribution in [3.63, 3.8) is 0 Å². The van der Waals surface area contributed by atoms with Crippen molar-refractivity contribution in [2.24, 2.45) is 0 Å². The van der Waals surface area contributed by atoms with E-state index in [4.69, 9.17) is 0 Å². The zero-order valence-corrected chi connectivity index (χ0v) is 7.59. The van der Waals surface area contributed by atoms with Crippen molar-refractivity contribution in [3.8, 4) is 0 Å². The first-order valence-corrected chi connectivity index (χ1v) is 4.23. The Labute approximate surface area is 79.2 Å². The monoisotopic (exact) mass is 208 g/mol. The highest BCUT2D eigenvalue weighted by atomic mass is 19.3. The Morgan fingerprint density at radius 3 is 2.79 bits per heavy atom. The van der Waals surface area contributed by atoms with Crippen molar-refractivity contribution in [1.29, 1.82) is 0 Å². The number of alkyl halides is 2. The zero-order valence-electron chi connectivity index (χ0n) is 7.59. The van der Waals surface area contributed by atoms with Gasteiger partial charge < -0.3 is 9.47 Å². The number of carbonyl (C=O) groups is 2. The molecule has 1 fully saturated rings. The molecule has 1 unspecified atom stereocenters. The second kappa shape index (κ2) is 3.89. The summed E-state index contributed by atoms with van der Waals surface area (Å²) >= 11 is 0. The van der Waals surface area contributed by atoms with Gasteiger partial charge in [0.15, 0.2) is 6.10 Å². The van der Waals surface area contributed by atoms with E-state index in [1.807, 2.05) is 0 Å². The smallest absolute Gasteiger partial charge is 0.381 e. The molecule has 0 spiro atoms. The number of esters is 2. The van der Waals surface area contributed by atoms with E-state index in [2.05, 4.69) is 9.47 Å². The van der Waals surface area contributed by atoms with Gasteiger partial charge in [-0.05, 0) is 6.92 Å². The fourth-order valence-corrected chi connectivity index (χ4v) is 1.14. The molecule has 0 aromatic rings. The third-order valence-corrected chi connectivity index (χ3v) is 1.84. The number of halogens is 2. The summed E-state index contributed by atoms with van der Waals surface area (Å²) in [6.45, 7) is 1.30. The van der Waals surface area contributed by atoms with Crippen LogP contribution in [0.2, 0.25) is 0 Å². The van der Waals surface area contributed by atoms with Gasteiger partial charge in [-0.1, -0.05) is 0 Å². The SMILES string of the molecule is CCOC(=O)C(F)(F)C1CCC(=O)O1. The molecular weight excluding hydrogens is 198 g/mol. The fourth-order valence-electron chi connectivity index (χ4n) is 1.14. The molecular formula is C8H10F2O4. The molecule has 1 aliphatic heterocycles. The lowest BCUT2D eigenvalue weighted by atomic mass is 10.1. The molecule has 0 saturated carbocycles. The van der Waals surface area contributed by atoms with Crippen molar-refractivity contribution in [2.45, 2.75) is 31.8 Å². The summed E-state index contributed by atoms with van der Waals surface area (Å²) in [6.07, 6.45) is -1.90. The molecule has 0 N–H and O–H groups in total. The Bertz CT molecular complexity index is 252. The number of hydrogen-bond donors (Lipinski definition) is 0. The lowest BCUT2D eigenvalue weighted by molar-refractivity contribution is -0.191. The molecule has 0 aliphatic carbocycles. The van der Waals surface area contributed by atoms with Gasteiger partial charge in [-0.2, -0.15) is 8.78 Å². The Balaban J connectivity index is 2.64.